The van der Waals surface area contributed by atoms with Crippen molar-refractivity contribution in [3.63, 3.8) is 0 Å². The number of nitrogens with zero attached hydrogens (tertiary/aromatic N) is 5. The Morgan fingerprint density at radius 3 is 3.00 bits per heavy atom. The first-order chi connectivity index (χ1) is 13.5. The van der Waals surface area contributed by atoms with Gasteiger partial charge >= 0.3 is 0 Å². The number of hydrogen-bond donors (Lipinski definition) is 1. The number of hydrogen-bond acceptors (Lipinski definition) is 4. The fraction of sp³-hybridized carbons (Fsp3) is 0.278. The summed E-state index contributed by atoms with van der Waals surface area (Å²) in [6, 6.07) is 3.88. The Hall–Kier alpha value is -3.30. The molecule has 0 aromatic carbocycles. The minimum atomic E-state index is -2.84. The number of imidazole rings is 1. The third-order valence-corrected chi connectivity index (χ3v) is 4.58. The predicted octanol–water partition coefficient (Wildman–Crippen LogP) is 2.93. The molecule has 7 nitrogen and oxygen atoms in total. The van der Waals surface area contributed by atoms with Gasteiger partial charge in [-0.1, -0.05) is 6.58 Å². The monoisotopic (exact) mass is 390 g/mol. The number of amidine groups is 1. The first-order valence-electron chi connectivity index (χ1n) is 8.53. The van der Waals surface area contributed by atoms with Gasteiger partial charge in [-0.3, -0.25) is 0 Å². The topological polar surface area (TPSA) is 70.8 Å². The molecule has 28 heavy (non-hydrogen) atoms. The Morgan fingerprint density at radius 2 is 2.29 bits per heavy atom. The molecule has 0 unspecified atom stereocenters. The summed E-state index contributed by atoms with van der Waals surface area (Å²) in [6.07, 6.45) is 0.922. The summed E-state index contributed by atoms with van der Waals surface area (Å²) in [5.74, 6) is -1.12. The van der Waals surface area contributed by atoms with Crippen molar-refractivity contribution in [2.75, 3.05) is 13.6 Å². The van der Waals surface area contributed by atoms with Crippen molar-refractivity contribution in [2.45, 2.75) is 18.9 Å². The van der Waals surface area contributed by atoms with Gasteiger partial charge in [0.15, 0.2) is 5.76 Å². The van der Waals surface area contributed by atoms with E-state index in [1.165, 1.54) is 17.6 Å². The van der Waals surface area contributed by atoms with Gasteiger partial charge in [-0.05, 0) is 18.2 Å². The summed E-state index contributed by atoms with van der Waals surface area (Å²) in [5, 5.41) is 4.46. The lowest BCUT2D eigenvalue weighted by Gasteiger charge is -2.35. The molecule has 0 bridgehead atoms. The number of alkyl halides is 2. The zero-order valence-corrected chi connectivity index (χ0v) is 14.9. The first kappa shape index (κ1) is 18.1. The zero-order valence-electron chi connectivity index (χ0n) is 14.9. The van der Waals surface area contributed by atoms with E-state index in [1.807, 2.05) is 0 Å². The number of ether oxygens (including phenoxy) is 1. The zero-order chi connectivity index (χ0) is 19.8. The van der Waals surface area contributed by atoms with Gasteiger partial charge in [0.1, 0.15) is 17.4 Å². The van der Waals surface area contributed by atoms with Crippen LogP contribution in [0.5, 0.6) is 0 Å². The molecule has 0 fully saturated rings. The lowest BCUT2D eigenvalue weighted by atomic mass is 10.0. The molecule has 3 aromatic heterocycles. The third-order valence-electron chi connectivity index (χ3n) is 4.58. The smallest absolute Gasteiger partial charge is 0.294 e. The van der Waals surface area contributed by atoms with Crippen LogP contribution in [-0.2, 0) is 11.2 Å². The lowest BCUT2D eigenvalue weighted by molar-refractivity contribution is 0.120. The van der Waals surface area contributed by atoms with Crippen LogP contribution in [0.2, 0.25) is 0 Å². The SMILES string of the molecule is C=C(O/C(=N\C)N1CCc2[nH]cnc2[C@H]1c1cc2c(F)cccn2n1)C(F)F. The molecule has 1 atom stereocenters. The van der Waals surface area contributed by atoms with E-state index in [1.54, 1.807) is 29.6 Å². The third kappa shape index (κ3) is 3.00. The highest BCUT2D eigenvalue weighted by atomic mass is 19.3. The van der Waals surface area contributed by atoms with Gasteiger partial charge < -0.3 is 14.6 Å². The molecule has 0 radical (unpaired) electrons. The van der Waals surface area contributed by atoms with Gasteiger partial charge in [-0.15, -0.1) is 0 Å². The van der Waals surface area contributed by atoms with Crippen molar-refractivity contribution < 1.29 is 17.9 Å². The van der Waals surface area contributed by atoms with Gasteiger partial charge in [0.05, 0.1) is 17.7 Å². The maximum Gasteiger partial charge on any atom is 0.294 e. The maximum absolute atomic E-state index is 14.1. The Labute approximate surface area is 158 Å². The minimum Gasteiger partial charge on any atom is -0.425 e. The normalized spacial score (nSPS) is 17.2. The van der Waals surface area contributed by atoms with E-state index >= 15 is 0 Å². The average molecular weight is 390 g/mol. The number of nitrogens with one attached hydrogen (secondary N) is 1. The van der Waals surface area contributed by atoms with Crippen molar-refractivity contribution in [2.24, 2.45) is 4.99 Å². The van der Waals surface area contributed by atoms with Crippen LogP contribution in [0.4, 0.5) is 13.2 Å². The predicted molar refractivity (Wildman–Crippen MR) is 95.6 cm³/mol. The molecular weight excluding hydrogens is 373 g/mol. The Morgan fingerprint density at radius 1 is 1.46 bits per heavy atom. The highest BCUT2D eigenvalue weighted by molar-refractivity contribution is 5.76. The van der Waals surface area contributed by atoms with Gasteiger partial charge in [-0.2, -0.15) is 5.10 Å². The van der Waals surface area contributed by atoms with Crippen LogP contribution in [0.1, 0.15) is 23.1 Å². The van der Waals surface area contributed by atoms with Crippen LogP contribution in [-0.4, -0.2) is 50.5 Å². The van der Waals surface area contributed by atoms with Crippen LogP contribution in [0, 0.1) is 5.82 Å². The van der Waals surface area contributed by atoms with Crippen molar-refractivity contribution in [1.29, 1.82) is 0 Å². The summed E-state index contributed by atoms with van der Waals surface area (Å²) >= 11 is 0. The van der Waals surface area contributed by atoms with Crippen LogP contribution < -0.4 is 0 Å². The number of pyridine rings is 1. The molecule has 0 saturated carbocycles. The lowest BCUT2D eigenvalue weighted by Crippen LogP contribution is -2.42. The molecule has 10 heteroatoms. The Kier molecular flexibility index (Phi) is 4.54. The molecular formula is C18H17F3N6O. The molecule has 4 rings (SSSR count). The molecule has 0 saturated heterocycles. The standard InChI is InChI=1S/C18H17F3N6O/c1-10(17(20)21)28-18(22-2)26-7-5-12-15(24-9-23-12)16(26)13-8-14-11(19)4-3-6-27(14)25-13/h3-4,6,8-9,16-17H,1,5,7H2,2H3,(H,23,24)/b22-18-/t16-/m1/s1. The quantitative estimate of drug-likeness (QED) is 0.424. The number of fused-ring (bicyclic) bond motifs is 2. The van der Waals surface area contributed by atoms with Gasteiger partial charge in [0.2, 0.25) is 0 Å². The second-order valence-corrected chi connectivity index (χ2v) is 6.24. The number of aliphatic imine (C=N–C) groups is 1. The highest BCUT2D eigenvalue weighted by Crippen LogP contribution is 2.34. The first-order valence-corrected chi connectivity index (χ1v) is 8.53. The van der Waals surface area contributed by atoms with E-state index in [-0.39, 0.29) is 6.02 Å². The van der Waals surface area contributed by atoms with Crippen LogP contribution >= 0.6 is 0 Å². The molecule has 0 aliphatic carbocycles. The van der Waals surface area contributed by atoms with E-state index in [4.69, 9.17) is 4.74 Å². The molecule has 146 valence electrons. The number of rotatable bonds is 3. The van der Waals surface area contributed by atoms with Crippen LogP contribution in [0.15, 0.2) is 48.1 Å². The van der Waals surface area contributed by atoms with E-state index in [0.29, 0.717) is 29.9 Å². The highest BCUT2D eigenvalue weighted by Gasteiger charge is 2.36. The summed E-state index contributed by atoms with van der Waals surface area (Å²) in [7, 11) is 1.44. The molecule has 1 aliphatic heterocycles. The summed E-state index contributed by atoms with van der Waals surface area (Å²) in [6.45, 7) is 3.66. The Balaban J connectivity index is 1.79. The number of allylic oxidation sites excluding steroid dienone is 1. The second-order valence-electron chi connectivity index (χ2n) is 6.24. The fourth-order valence-electron chi connectivity index (χ4n) is 3.31. The van der Waals surface area contributed by atoms with Crippen molar-refractivity contribution in [3.05, 3.63) is 66.0 Å². The van der Waals surface area contributed by atoms with Gasteiger partial charge in [0, 0.05) is 31.9 Å². The maximum atomic E-state index is 14.1. The van der Waals surface area contributed by atoms with Gasteiger partial charge in [-0.25, -0.2) is 27.7 Å². The fourth-order valence-corrected chi connectivity index (χ4v) is 3.31. The van der Waals surface area contributed by atoms with Gasteiger partial charge in [0.25, 0.3) is 12.4 Å². The number of halogens is 3. The second kappa shape index (κ2) is 7.02. The summed E-state index contributed by atoms with van der Waals surface area (Å²) in [5.41, 5.74) is 2.34. The van der Waals surface area contributed by atoms with E-state index in [9.17, 15) is 13.2 Å². The summed E-state index contributed by atoms with van der Waals surface area (Å²) < 4.78 is 46.6. The Bertz CT molecular complexity index is 1060. The van der Waals surface area contributed by atoms with E-state index in [0.717, 1.165) is 5.69 Å². The molecule has 1 aliphatic rings. The van der Waals surface area contributed by atoms with Crippen molar-refractivity contribution in [3.8, 4) is 0 Å². The van der Waals surface area contributed by atoms with Crippen molar-refractivity contribution in [1.82, 2.24) is 24.5 Å². The van der Waals surface area contributed by atoms with Crippen LogP contribution in [0.25, 0.3) is 5.52 Å². The molecule has 1 N–H and O–H groups in total. The molecule has 4 heterocycles. The summed E-state index contributed by atoms with van der Waals surface area (Å²) in [4.78, 5) is 13.1. The minimum absolute atomic E-state index is 0.0264. The number of H-pyrrole nitrogens is 1. The van der Waals surface area contributed by atoms with Crippen molar-refractivity contribution >= 4 is 11.5 Å². The number of aromatic amines is 1. The number of aromatic nitrogens is 4. The largest absolute Gasteiger partial charge is 0.425 e. The van der Waals surface area contributed by atoms with E-state index < -0.39 is 24.0 Å². The molecule has 0 amide bonds. The van der Waals surface area contributed by atoms with Crippen LogP contribution in [0.3, 0.4) is 0 Å². The average Bonchev–Trinajstić information content (AvgIpc) is 3.32. The van der Waals surface area contributed by atoms with E-state index in [2.05, 4.69) is 26.6 Å². The molecule has 0 spiro atoms. The molecule has 3 aromatic rings.